The number of anilines is 1. The van der Waals surface area contributed by atoms with E-state index in [2.05, 4.69) is 20.9 Å². The summed E-state index contributed by atoms with van der Waals surface area (Å²) in [5, 5.41) is 17.3. The average molecular weight is 434 g/mol. The molecule has 1 saturated heterocycles. The summed E-state index contributed by atoms with van der Waals surface area (Å²) in [5.41, 5.74) is 0.441. The molecule has 0 spiro atoms. The third-order valence-electron chi connectivity index (χ3n) is 4.89. The fourth-order valence-corrected chi connectivity index (χ4v) is 3.34. The first-order chi connectivity index (χ1) is 14.9. The van der Waals surface area contributed by atoms with Gasteiger partial charge in [0.05, 0.1) is 43.1 Å². The molecule has 2 aromatic rings. The zero-order valence-corrected chi connectivity index (χ0v) is 16.7. The summed E-state index contributed by atoms with van der Waals surface area (Å²) >= 11 is 0. The summed E-state index contributed by atoms with van der Waals surface area (Å²) in [6.45, 7) is -0.0673. The molecule has 1 aromatic heterocycles. The van der Waals surface area contributed by atoms with Crippen LogP contribution in [0.4, 0.5) is 19.3 Å². The molecule has 0 aliphatic carbocycles. The Bertz CT molecular complexity index is 900. The number of benzene rings is 1. The largest absolute Gasteiger partial charge is 0.394 e. The van der Waals surface area contributed by atoms with Gasteiger partial charge in [0, 0.05) is 12.3 Å². The number of ether oxygens (including phenoxy) is 1. The number of nitrogens with one attached hydrogen (secondary N) is 3. The fraction of sp³-hybridized carbons (Fsp3) is 0.381. The van der Waals surface area contributed by atoms with Gasteiger partial charge in [-0.3, -0.25) is 9.78 Å². The maximum atomic E-state index is 13.7. The van der Waals surface area contributed by atoms with Crippen molar-refractivity contribution in [3.8, 4) is 0 Å². The normalized spacial score (nSPS) is 20.7. The van der Waals surface area contributed by atoms with Gasteiger partial charge < -0.3 is 25.8 Å². The number of amides is 3. The van der Waals surface area contributed by atoms with Crippen LogP contribution in [-0.2, 0) is 16.1 Å². The highest BCUT2D eigenvalue weighted by Gasteiger charge is 2.33. The molecule has 10 heteroatoms. The van der Waals surface area contributed by atoms with E-state index in [0.717, 1.165) is 23.9 Å². The van der Waals surface area contributed by atoms with Gasteiger partial charge in [0.15, 0.2) is 0 Å². The van der Waals surface area contributed by atoms with Crippen LogP contribution in [0.3, 0.4) is 0 Å². The number of hydrogen-bond acceptors (Lipinski definition) is 5. The van der Waals surface area contributed by atoms with E-state index in [1.54, 1.807) is 18.3 Å². The van der Waals surface area contributed by atoms with Crippen molar-refractivity contribution in [3.63, 3.8) is 0 Å². The third-order valence-corrected chi connectivity index (χ3v) is 4.89. The molecule has 0 bridgehead atoms. The van der Waals surface area contributed by atoms with Gasteiger partial charge in [-0.2, -0.15) is 0 Å². The smallest absolute Gasteiger partial charge is 0.319 e. The molecule has 2 heterocycles. The summed E-state index contributed by atoms with van der Waals surface area (Å²) in [6.07, 6.45) is 1.53. The second-order valence-electron chi connectivity index (χ2n) is 7.19. The van der Waals surface area contributed by atoms with E-state index in [1.165, 1.54) is 0 Å². The van der Waals surface area contributed by atoms with Crippen molar-refractivity contribution >= 4 is 17.6 Å². The second kappa shape index (κ2) is 10.8. The van der Waals surface area contributed by atoms with E-state index in [9.17, 15) is 23.5 Å². The Morgan fingerprint density at radius 1 is 1.19 bits per heavy atom. The number of urea groups is 1. The van der Waals surface area contributed by atoms with Crippen molar-refractivity contribution in [1.82, 2.24) is 15.6 Å². The Morgan fingerprint density at radius 2 is 2.03 bits per heavy atom. The molecule has 166 valence electrons. The van der Waals surface area contributed by atoms with Gasteiger partial charge in [0.25, 0.3) is 0 Å². The van der Waals surface area contributed by atoms with Gasteiger partial charge in [0.1, 0.15) is 17.7 Å². The van der Waals surface area contributed by atoms with E-state index in [1.807, 2.05) is 6.07 Å². The topological polar surface area (TPSA) is 113 Å². The molecule has 31 heavy (non-hydrogen) atoms. The standard InChI is InChI=1S/C21H24F2N4O4/c22-13-4-6-16(23)18(9-13)27-21(30)26-17-7-5-15(31-19(17)12-28)10-20(29)25-11-14-3-1-2-8-24-14/h1-4,6,8-9,15,17,19,28H,5,7,10-12H2,(H,25,29)(H2,26,27,30)/t15-,17-,19-/m1/s1. The molecule has 1 aliphatic rings. The summed E-state index contributed by atoms with van der Waals surface area (Å²) in [6, 6.07) is 6.85. The lowest BCUT2D eigenvalue weighted by molar-refractivity contribution is -0.130. The first-order valence-corrected chi connectivity index (χ1v) is 9.90. The minimum Gasteiger partial charge on any atom is -0.394 e. The van der Waals surface area contributed by atoms with Crippen molar-refractivity contribution in [2.75, 3.05) is 11.9 Å². The number of carbonyl (C=O) groups excluding carboxylic acids is 2. The minimum absolute atomic E-state index is 0.108. The van der Waals surface area contributed by atoms with Gasteiger partial charge in [-0.15, -0.1) is 0 Å². The van der Waals surface area contributed by atoms with Gasteiger partial charge >= 0.3 is 6.03 Å². The molecule has 0 radical (unpaired) electrons. The lowest BCUT2D eigenvalue weighted by Crippen LogP contribution is -2.52. The lowest BCUT2D eigenvalue weighted by atomic mass is 9.97. The number of halogens is 2. The van der Waals surface area contributed by atoms with Crippen LogP contribution in [0.25, 0.3) is 0 Å². The molecule has 0 saturated carbocycles. The molecule has 1 fully saturated rings. The average Bonchev–Trinajstić information content (AvgIpc) is 2.76. The first kappa shape index (κ1) is 22.6. The first-order valence-electron chi connectivity index (χ1n) is 9.90. The Hall–Kier alpha value is -3.11. The summed E-state index contributed by atoms with van der Waals surface area (Å²) in [4.78, 5) is 28.5. The van der Waals surface area contributed by atoms with Gasteiger partial charge in [-0.25, -0.2) is 13.6 Å². The fourth-order valence-electron chi connectivity index (χ4n) is 3.34. The van der Waals surface area contributed by atoms with Crippen molar-refractivity contribution in [2.24, 2.45) is 0 Å². The molecule has 3 atom stereocenters. The molecule has 3 rings (SSSR count). The Morgan fingerprint density at radius 3 is 2.77 bits per heavy atom. The van der Waals surface area contributed by atoms with Crippen LogP contribution in [0.15, 0.2) is 42.6 Å². The van der Waals surface area contributed by atoms with E-state index in [0.29, 0.717) is 19.4 Å². The molecule has 1 aliphatic heterocycles. The molecule has 4 N–H and O–H groups in total. The summed E-state index contributed by atoms with van der Waals surface area (Å²) < 4.78 is 32.7. The Labute approximate surface area is 178 Å². The van der Waals surface area contributed by atoms with Gasteiger partial charge in [-0.1, -0.05) is 6.07 Å². The van der Waals surface area contributed by atoms with Crippen LogP contribution in [-0.4, -0.2) is 46.9 Å². The number of pyridine rings is 1. The Kier molecular flexibility index (Phi) is 7.85. The van der Waals surface area contributed by atoms with Crippen LogP contribution in [0.5, 0.6) is 0 Å². The predicted molar refractivity (Wildman–Crippen MR) is 108 cm³/mol. The van der Waals surface area contributed by atoms with Crippen LogP contribution < -0.4 is 16.0 Å². The number of nitrogens with zero attached hydrogens (tertiary/aromatic N) is 1. The van der Waals surface area contributed by atoms with Crippen LogP contribution >= 0.6 is 0 Å². The van der Waals surface area contributed by atoms with E-state index < -0.39 is 35.9 Å². The quantitative estimate of drug-likeness (QED) is 0.533. The zero-order chi connectivity index (χ0) is 22.2. The van der Waals surface area contributed by atoms with Crippen molar-refractivity contribution in [3.05, 3.63) is 59.9 Å². The monoisotopic (exact) mass is 434 g/mol. The molecular weight excluding hydrogens is 410 g/mol. The van der Waals surface area contributed by atoms with Crippen LogP contribution in [0.1, 0.15) is 25.0 Å². The predicted octanol–water partition coefficient (Wildman–Crippen LogP) is 2.10. The van der Waals surface area contributed by atoms with Gasteiger partial charge in [0.2, 0.25) is 5.91 Å². The second-order valence-corrected chi connectivity index (χ2v) is 7.19. The van der Waals surface area contributed by atoms with E-state index >= 15 is 0 Å². The van der Waals surface area contributed by atoms with Gasteiger partial charge in [-0.05, 0) is 37.1 Å². The van der Waals surface area contributed by atoms with E-state index in [-0.39, 0.29) is 24.6 Å². The van der Waals surface area contributed by atoms with Crippen molar-refractivity contribution in [1.29, 1.82) is 0 Å². The number of aromatic nitrogens is 1. The molecule has 8 nitrogen and oxygen atoms in total. The maximum absolute atomic E-state index is 13.7. The van der Waals surface area contributed by atoms with Crippen molar-refractivity contribution < 1.29 is 28.2 Å². The molecular formula is C21H24F2N4O4. The highest BCUT2D eigenvalue weighted by molar-refractivity contribution is 5.89. The van der Waals surface area contributed by atoms with Crippen LogP contribution in [0, 0.1) is 11.6 Å². The SMILES string of the molecule is O=C(C[C@H]1CC[C@@H](NC(=O)Nc2cc(F)ccc2F)[C@@H](CO)O1)NCc1ccccn1. The summed E-state index contributed by atoms with van der Waals surface area (Å²) in [5.74, 6) is -1.67. The highest BCUT2D eigenvalue weighted by atomic mass is 19.1. The molecule has 0 unspecified atom stereocenters. The number of hydrogen-bond donors (Lipinski definition) is 4. The minimum atomic E-state index is -0.771. The van der Waals surface area contributed by atoms with Crippen molar-refractivity contribution in [2.45, 2.75) is 44.1 Å². The molecule has 3 amide bonds. The number of rotatable bonds is 7. The highest BCUT2D eigenvalue weighted by Crippen LogP contribution is 2.22. The molecule has 1 aromatic carbocycles. The summed E-state index contributed by atoms with van der Waals surface area (Å²) in [7, 11) is 0. The number of carbonyl (C=O) groups is 2. The van der Waals surface area contributed by atoms with E-state index in [4.69, 9.17) is 4.74 Å². The van der Waals surface area contributed by atoms with Crippen LogP contribution in [0.2, 0.25) is 0 Å². The lowest BCUT2D eigenvalue weighted by Gasteiger charge is -2.35. The third kappa shape index (κ3) is 6.69. The zero-order valence-electron chi connectivity index (χ0n) is 16.7. The maximum Gasteiger partial charge on any atom is 0.319 e. The number of aliphatic hydroxyl groups is 1. The number of aliphatic hydroxyl groups excluding tert-OH is 1. The Balaban J connectivity index is 1.46.